The van der Waals surface area contributed by atoms with Gasteiger partial charge in [-0.15, -0.1) is 0 Å². The van der Waals surface area contributed by atoms with Gasteiger partial charge in [0.15, 0.2) is 5.17 Å². The van der Waals surface area contributed by atoms with Gasteiger partial charge in [0.25, 0.3) is 0 Å². The van der Waals surface area contributed by atoms with Crippen LogP contribution in [0.2, 0.25) is 0 Å². The number of hydrogen-bond donors (Lipinski definition) is 1. The van der Waals surface area contributed by atoms with Gasteiger partial charge in [-0.25, -0.2) is 0 Å². The molecule has 0 aliphatic rings. The van der Waals surface area contributed by atoms with Gasteiger partial charge in [0.05, 0.1) is 0 Å². The topological polar surface area (TPSA) is 24.4 Å². The van der Waals surface area contributed by atoms with Crippen molar-refractivity contribution in [2.75, 3.05) is 11.9 Å². The van der Waals surface area contributed by atoms with Gasteiger partial charge in [-0.1, -0.05) is 51.1 Å². The van der Waals surface area contributed by atoms with Crippen LogP contribution in [0, 0.1) is 0 Å². The second kappa shape index (κ2) is 8.20. The molecule has 1 aromatic carbocycles. The summed E-state index contributed by atoms with van der Waals surface area (Å²) in [5, 5.41) is 4.95. The van der Waals surface area contributed by atoms with Crippen LogP contribution in [0.1, 0.15) is 39.7 Å². The summed E-state index contributed by atoms with van der Waals surface area (Å²) in [5.41, 5.74) is 2.52. The molecule has 100 valence electrons. The maximum atomic E-state index is 4.49. The summed E-state index contributed by atoms with van der Waals surface area (Å²) >= 11 is 1.77. The highest BCUT2D eigenvalue weighted by Gasteiger charge is 2.04. The number of amidine groups is 1. The molecule has 0 amide bonds. The quantitative estimate of drug-likeness (QED) is 0.622. The molecule has 0 aliphatic carbocycles. The minimum atomic E-state index is 0.544. The summed E-state index contributed by atoms with van der Waals surface area (Å²) in [6.07, 6.45) is 2.34. The highest BCUT2D eigenvalue weighted by Crippen LogP contribution is 2.17. The Kier molecular flexibility index (Phi) is 6.88. The Morgan fingerprint density at radius 2 is 1.89 bits per heavy atom. The maximum Gasteiger partial charge on any atom is 0.161 e. The third-order valence-corrected chi connectivity index (χ3v) is 3.32. The van der Waals surface area contributed by atoms with Gasteiger partial charge < -0.3 is 5.32 Å². The molecule has 0 aliphatic heterocycles. The van der Waals surface area contributed by atoms with Crippen molar-refractivity contribution in [1.82, 2.24) is 0 Å². The SMILES string of the molecule is CCCc1ccc(NC(=NCC)SC(C)C)cc1. The summed E-state index contributed by atoms with van der Waals surface area (Å²) in [6.45, 7) is 9.45. The fourth-order valence-electron chi connectivity index (χ4n) is 1.64. The van der Waals surface area contributed by atoms with Gasteiger partial charge in [0.1, 0.15) is 0 Å². The number of nitrogens with one attached hydrogen (secondary N) is 1. The molecule has 0 saturated carbocycles. The molecule has 0 radical (unpaired) electrons. The molecule has 18 heavy (non-hydrogen) atoms. The predicted octanol–water partition coefficient (Wildman–Crippen LogP) is 4.57. The molecule has 0 saturated heterocycles. The fourth-order valence-corrected chi connectivity index (χ4v) is 2.47. The minimum absolute atomic E-state index is 0.544. The van der Waals surface area contributed by atoms with E-state index < -0.39 is 0 Å². The smallest absolute Gasteiger partial charge is 0.161 e. The van der Waals surface area contributed by atoms with E-state index >= 15 is 0 Å². The van der Waals surface area contributed by atoms with E-state index in [0.717, 1.165) is 23.8 Å². The summed E-state index contributed by atoms with van der Waals surface area (Å²) in [6, 6.07) is 8.65. The first-order valence-corrected chi connectivity index (χ1v) is 7.60. The number of rotatable bonds is 5. The van der Waals surface area contributed by atoms with Crippen LogP contribution in [-0.2, 0) is 6.42 Å². The van der Waals surface area contributed by atoms with E-state index in [-0.39, 0.29) is 0 Å². The maximum absolute atomic E-state index is 4.49. The average Bonchev–Trinajstić information content (AvgIpc) is 2.31. The third kappa shape index (κ3) is 5.58. The zero-order valence-corrected chi connectivity index (χ0v) is 12.7. The van der Waals surface area contributed by atoms with E-state index in [1.165, 1.54) is 12.0 Å². The summed E-state index contributed by atoms with van der Waals surface area (Å²) in [4.78, 5) is 4.49. The zero-order valence-electron chi connectivity index (χ0n) is 11.9. The Morgan fingerprint density at radius 3 is 2.39 bits per heavy atom. The summed E-state index contributed by atoms with van der Waals surface area (Å²) < 4.78 is 0. The van der Waals surface area contributed by atoms with Crippen LogP contribution in [0.3, 0.4) is 0 Å². The van der Waals surface area contributed by atoms with E-state index in [9.17, 15) is 0 Å². The van der Waals surface area contributed by atoms with Crippen molar-refractivity contribution in [1.29, 1.82) is 0 Å². The lowest BCUT2D eigenvalue weighted by molar-refractivity contribution is 0.922. The third-order valence-electron chi connectivity index (χ3n) is 2.39. The lowest BCUT2D eigenvalue weighted by Gasteiger charge is -2.12. The van der Waals surface area contributed by atoms with Crippen LogP contribution < -0.4 is 5.32 Å². The fraction of sp³-hybridized carbons (Fsp3) is 0.533. The molecule has 1 N–H and O–H groups in total. The van der Waals surface area contributed by atoms with Gasteiger partial charge in [-0.05, 0) is 31.0 Å². The molecule has 0 bridgehead atoms. The largest absolute Gasteiger partial charge is 0.335 e. The molecular weight excluding hydrogens is 240 g/mol. The second-order valence-corrected chi connectivity index (χ2v) is 6.08. The van der Waals surface area contributed by atoms with Gasteiger partial charge in [0, 0.05) is 17.5 Å². The Morgan fingerprint density at radius 1 is 1.22 bits per heavy atom. The van der Waals surface area contributed by atoms with Crippen molar-refractivity contribution in [3.63, 3.8) is 0 Å². The Bertz CT molecular complexity index is 369. The number of thioether (sulfide) groups is 1. The van der Waals surface area contributed by atoms with Gasteiger partial charge in [-0.2, -0.15) is 0 Å². The van der Waals surface area contributed by atoms with Crippen molar-refractivity contribution < 1.29 is 0 Å². The normalized spacial score (nSPS) is 11.9. The van der Waals surface area contributed by atoms with Crippen molar-refractivity contribution in [3.05, 3.63) is 29.8 Å². The van der Waals surface area contributed by atoms with Crippen LogP contribution >= 0.6 is 11.8 Å². The number of aryl methyl sites for hydroxylation is 1. The summed E-state index contributed by atoms with van der Waals surface area (Å²) in [5.74, 6) is 0. The van der Waals surface area contributed by atoms with E-state index in [1.54, 1.807) is 11.8 Å². The molecule has 0 spiro atoms. The second-order valence-electron chi connectivity index (χ2n) is 4.52. The average molecular weight is 264 g/mol. The summed E-state index contributed by atoms with van der Waals surface area (Å²) in [7, 11) is 0. The van der Waals surface area contributed by atoms with Crippen molar-refractivity contribution in [2.24, 2.45) is 4.99 Å². The first-order chi connectivity index (χ1) is 8.65. The van der Waals surface area contributed by atoms with Gasteiger partial charge in [-0.3, -0.25) is 4.99 Å². The van der Waals surface area contributed by atoms with E-state index in [2.05, 4.69) is 62.3 Å². The highest BCUT2D eigenvalue weighted by atomic mass is 32.2. The van der Waals surface area contributed by atoms with E-state index in [1.807, 2.05) is 0 Å². The first-order valence-electron chi connectivity index (χ1n) is 6.72. The molecule has 2 nitrogen and oxygen atoms in total. The molecule has 1 aromatic rings. The van der Waals surface area contributed by atoms with Crippen molar-refractivity contribution >= 4 is 22.6 Å². The number of anilines is 1. The highest BCUT2D eigenvalue weighted by molar-refractivity contribution is 8.14. The van der Waals surface area contributed by atoms with Gasteiger partial charge in [0.2, 0.25) is 0 Å². The van der Waals surface area contributed by atoms with Crippen LogP contribution in [0.15, 0.2) is 29.3 Å². The number of nitrogens with zero attached hydrogens (tertiary/aromatic N) is 1. The molecule has 3 heteroatoms. The molecule has 0 unspecified atom stereocenters. The van der Waals surface area contributed by atoms with Crippen LogP contribution in [-0.4, -0.2) is 17.0 Å². The lowest BCUT2D eigenvalue weighted by atomic mass is 10.1. The standard InChI is InChI=1S/C15H24N2S/c1-5-7-13-8-10-14(11-9-13)17-15(16-6-2)18-12(3)4/h8-12H,5-7H2,1-4H3,(H,16,17). The molecule has 0 fully saturated rings. The molecular formula is C15H24N2S. The molecule has 0 aromatic heterocycles. The molecule has 0 atom stereocenters. The van der Waals surface area contributed by atoms with E-state index in [4.69, 9.17) is 0 Å². The van der Waals surface area contributed by atoms with Crippen LogP contribution in [0.4, 0.5) is 5.69 Å². The number of benzene rings is 1. The van der Waals surface area contributed by atoms with Gasteiger partial charge >= 0.3 is 0 Å². The Hall–Kier alpha value is -0.960. The molecule has 1 rings (SSSR count). The number of aliphatic imine (C=N–C) groups is 1. The lowest BCUT2D eigenvalue weighted by Crippen LogP contribution is -2.11. The van der Waals surface area contributed by atoms with Crippen molar-refractivity contribution in [2.45, 2.75) is 45.8 Å². The Labute approximate surface area is 115 Å². The van der Waals surface area contributed by atoms with Crippen molar-refractivity contribution in [3.8, 4) is 0 Å². The van der Waals surface area contributed by atoms with E-state index in [0.29, 0.717) is 5.25 Å². The monoisotopic (exact) mass is 264 g/mol. The first kappa shape index (κ1) is 15.1. The predicted molar refractivity (Wildman–Crippen MR) is 84.8 cm³/mol. The molecule has 0 heterocycles. The number of hydrogen-bond acceptors (Lipinski definition) is 2. The van der Waals surface area contributed by atoms with Crippen LogP contribution in [0.5, 0.6) is 0 Å². The van der Waals surface area contributed by atoms with Crippen LogP contribution in [0.25, 0.3) is 0 Å². The minimum Gasteiger partial charge on any atom is -0.335 e. The zero-order chi connectivity index (χ0) is 13.4. The Balaban J connectivity index is 2.66.